The van der Waals surface area contributed by atoms with Crippen molar-refractivity contribution in [1.29, 1.82) is 0 Å². The van der Waals surface area contributed by atoms with Crippen LogP contribution in [0.15, 0.2) is 24.3 Å². The number of carbonyl (C=O) groups excluding carboxylic acids is 1. The van der Waals surface area contributed by atoms with Crippen molar-refractivity contribution in [2.75, 3.05) is 6.54 Å². The highest BCUT2D eigenvalue weighted by Gasteiger charge is 2.58. The summed E-state index contributed by atoms with van der Waals surface area (Å²) < 4.78 is 0. The van der Waals surface area contributed by atoms with Crippen LogP contribution in [0.2, 0.25) is 5.02 Å². The Bertz CT molecular complexity index is 511. The van der Waals surface area contributed by atoms with Crippen molar-refractivity contribution < 1.29 is 14.7 Å². The van der Waals surface area contributed by atoms with E-state index in [9.17, 15) is 9.59 Å². The second-order valence-electron chi connectivity index (χ2n) is 4.80. The molecule has 4 nitrogen and oxygen atoms in total. The summed E-state index contributed by atoms with van der Waals surface area (Å²) in [5.74, 6) is -1.32. The molecule has 102 valence electrons. The Balaban J connectivity index is 2.16. The zero-order valence-corrected chi connectivity index (χ0v) is 11.5. The maximum absolute atomic E-state index is 12.3. The molecule has 1 N–H and O–H groups in total. The van der Waals surface area contributed by atoms with Crippen LogP contribution in [-0.4, -0.2) is 28.4 Å². The number of benzene rings is 1. The van der Waals surface area contributed by atoms with Crippen molar-refractivity contribution in [1.82, 2.24) is 4.90 Å². The first-order valence-corrected chi connectivity index (χ1v) is 6.65. The molecule has 0 saturated heterocycles. The van der Waals surface area contributed by atoms with Crippen molar-refractivity contribution in [3.05, 3.63) is 34.9 Å². The normalized spacial score (nSPS) is 15.9. The molecule has 2 rings (SSSR count). The quantitative estimate of drug-likeness (QED) is 0.844. The minimum atomic E-state index is -1.18. The van der Waals surface area contributed by atoms with Gasteiger partial charge in [-0.2, -0.15) is 0 Å². The van der Waals surface area contributed by atoms with Gasteiger partial charge in [-0.05, 0) is 31.4 Å². The van der Waals surface area contributed by atoms with E-state index in [2.05, 4.69) is 0 Å². The molecule has 0 aromatic heterocycles. The Morgan fingerprint density at radius 3 is 2.47 bits per heavy atom. The Hall–Kier alpha value is -1.55. The average Bonchev–Trinajstić information content (AvgIpc) is 3.18. The number of rotatable bonds is 5. The monoisotopic (exact) mass is 281 g/mol. The van der Waals surface area contributed by atoms with Crippen LogP contribution in [0, 0.1) is 5.41 Å². The van der Waals surface area contributed by atoms with Gasteiger partial charge in [-0.25, -0.2) is 0 Å². The van der Waals surface area contributed by atoms with Crippen LogP contribution in [0.25, 0.3) is 0 Å². The zero-order chi connectivity index (χ0) is 14.0. The van der Waals surface area contributed by atoms with Crippen molar-refractivity contribution in [3.63, 3.8) is 0 Å². The molecule has 1 amide bonds. The van der Waals surface area contributed by atoms with Gasteiger partial charge in [-0.1, -0.05) is 29.8 Å². The highest BCUT2D eigenvalue weighted by atomic mass is 35.5. The van der Waals surface area contributed by atoms with Crippen LogP contribution in [-0.2, 0) is 16.1 Å². The lowest BCUT2D eigenvalue weighted by molar-refractivity contribution is -0.153. The molecule has 1 aliphatic carbocycles. The molecular weight excluding hydrogens is 266 g/mol. The number of carboxylic acids is 1. The average molecular weight is 282 g/mol. The predicted molar refractivity (Wildman–Crippen MR) is 71.8 cm³/mol. The van der Waals surface area contributed by atoms with Gasteiger partial charge in [0.05, 0.1) is 0 Å². The van der Waals surface area contributed by atoms with Crippen molar-refractivity contribution in [3.8, 4) is 0 Å². The third kappa shape index (κ3) is 2.59. The standard InChI is InChI=1S/C14H16ClNO3/c1-2-16(9-10-5-3-4-6-11(10)15)12(17)14(7-8-14)13(18)19/h3-6H,2,7-9H2,1H3,(H,18,19). The molecular formula is C14H16ClNO3. The lowest BCUT2D eigenvalue weighted by Crippen LogP contribution is -2.40. The predicted octanol–water partition coefficient (Wildman–Crippen LogP) is 2.55. The summed E-state index contributed by atoms with van der Waals surface area (Å²) in [4.78, 5) is 25.1. The summed E-state index contributed by atoms with van der Waals surface area (Å²) in [5, 5.41) is 9.76. The molecule has 19 heavy (non-hydrogen) atoms. The second-order valence-corrected chi connectivity index (χ2v) is 5.21. The first-order valence-electron chi connectivity index (χ1n) is 6.27. The first kappa shape index (κ1) is 13.9. The van der Waals surface area contributed by atoms with Crippen LogP contribution < -0.4 is 0 Å². The van der Waals surface area contributed by atoms with Crippen LogP contribution in [0.1, 0.15) is 25.3 Å². The summed E-state index contributed by atoms with van der Waals surface area (Å²) in [6.45, 7) is 2.66. The molecule has 0 unspecified atom stereocenters. The Morgan fingerprint density at radius 1 is 1.37 bits per heavy atom. The Kier molecular flexibility index (Phi) is 3.80. The minimum absolute atomic E-state index is 0.303. The van der Waals surface area contributed by atoms with Gasteiger partial charge in [0.15, 0.2) is 0 Å². The third-order valence-corrected chi connectivity index (χ3v) is 3.93. The fraction of sp³-hybridized carbons (Fsp3) is 0.429. The highest BCUT2D eigenvalue weighted by molar-refractivity contribution is 6.31. The minimum Gasteiger partial charge on any atom is -0.480 e. The van der Waals surface area contributed by atoms with E-state index in [1.165, 1.54) is 0 Å². The molecule has 0 atom stereocenters. The lowest BCUT2D eigenvalue weighted by atomic mass is 10.1. The van der Waals surface area contributed by atoms with E-state index in [1.807, 2.05) is 25.1 Å². The molecule has 1 fully saturated rings. The number of hydrogen-bond acceptors (Lipinski definition) is 2. The lowest BCUT2D eigenvalue weighted by Gasteiger charge is -2.24. The highest BCUT2D eigenvalue weighted by Crippen LogP contribution is 2.47. The van der Waals surface area contributed by atoms with Gasteiger partial charge >= 0.3 is 5.97 Å². The summed E-state index contributed by atoms with van der Waals surface area (Å²) in [5.41, 5.74) is -0.349. The van der Waals surface area contributed by atoms with Gasteiger partial charge in [-0.15, -0.1) is 0 Å². The van der Waals surface area contributed by atoms with Crippen LogP contribution >= 0.6 is 11.6 Å². The van der Waals surface area contributed by atoms with Crippen LogP contribution in [0.3, 0.4) is 0 Å². The number of aliphatic carboxylic acids is 1. The van der Waals surface area contributed by atoms with E-state index >= 15 is 0 Å². The molecule has 1 aromatic rings. The van der Waals surface area contributed by atoms with Crippen molar-refractivity contribution >= 4 is 23.5 Å². The zero-order valence-electron chi connectivity index (χ0n) is 10.7. The Morgan fingerprint density at radius 2 is 2.00 bits per heavy atom. The maximum Gasteiger partial charge on any atom is 0.319 e. The number of hydrogen-bond donors (Lipinski definition) is 1. The number of carboxylic acid groups (broad SMARTS) is 1. The van der Waals surface area contributed by atoms with Crippen LogP contribution in [0.5, 0.6) is 0 Å². The van der Waals surface area contributed by atoms with E-state index in [0.717, 1.165) is 5.56 Å². The molecule has 0 radical (unpaired) electrons. The number of carbonyl (C=O) groups is 2. The van der Waals surface area contributed by atoms with Gasteiger partial charge in [0.1, 0.15) is 5.41 Å². The Labute approximate surface area is 117 Å². The molecule has 0 spiro atoms. The smallest absolute Gasteiger partial charge is 0.319 e. The van der Waals surface area contributed by atoms with Gasteiger partial charge in [0.2, 0.25) is 5.91 Å². The maximum atomic E-state index is 12.3. The summed E-state index contributed by atoms with van der Waals surface area (Å²) in [6.07, 6.45) is 0.861. The van der Waals surface area contributed by atoms with E-state index in [4.69, 9.17) is 16.7 Å². The molecule has 1 aliphatic rings. The van der Waals surface area contributed by atoms with Gasteiger partial charge in [-0.3, -0.25) is 9.59 Å². The van der Waals surface area contributed by atoms with E-state index in [0.29, 0.717) is 31.0 Å². The van der Waals surface area contributed by atoms with Gasteiger partial charge in [0, 0.05) is 18.1 Å². The fourth-order valence-corrected chi connectivity index (χ4v) is 2.30. The first-order chi connectivity index (χ1) is 9.01. The largest absolute Gasteiger partial charge is 0.480 e. The number of halogens is 1. The third-order valence-electron chi connectivity index (χ3n) is 3.56. The number of amides is 1. The van der Waals surface area contributed by atoms with E-state index in [-0.39, 0.29) is 5.91 Å². The summed E-state index contributed by atoms with van der Waals surface area (Å²) in [6, 6.07) is 7.28. The molecule has 1 saturated carbocycles. The summed E-state index contributed by atoms with van der Waals surface area (Å²) >= 11 is 6.07. The topological polar surface area (TPSA) is 57.6 Å². The molecule has 0 bridgehead atoms. The fourth-order valence-electron chi connectivity index (χ4n) is 2.11. The van der Waals surface area contributed by atoms with Crippen molar-refractivity contribution in [2.24, 2.45) is 5.41 Å². The van der Waals surface area contributed by atoms with E-state index < -0.39 is 11.4 Å². The van der Waals surface area contributed by atoms with Gasteiger partial charge in [0.25, 0.3) is 0 Å². The molecule has 5 heteroatoms. The van der Waals surface area contributed by atoms with Crippen LogP contribution in [0.4, 0.5) is 0 Å². The number of nitrogens with zero attached hydrogens (tertiary/aromatic N) is 1. The second kappa shape index (κ2) is 5.21. The van der Waals surface area contributed by atoms with E-state index in [1.54, 1.807) is 11.0 Å². The molecule has 0 aliphatic heterocycles. The SMILES string of the molecule is CCN(Cc1ccccc1Cl)C(=O)C1(C(=O)O)CC1. The summed E-state index contributed by atoms with van der Waals surface area (Å²) in [7, 11) is 0. The van der Waals surface area contributed by atoms with Crippen molar-refractivity contribution in [2.45, 2.75) is 26.3 Å². The van der Waals surface area contributed by atoms with Gasteiger partial charge < -0.3 is 10.0 Å². The molecule has 0 heterocycles. The molecule has 1 aromatic carbocycles.